The molecule has 0 aromatic carbocycles. The van der Waals surface area contributed by atoms with E-state index in [1.807, 2.05) is 11.0 Å². The Morgan fingerprint density at radius 2 is 1.90 bits per heavy atom. The second-order valence-electron chi connectivity index (χ2n) is 10.7. The molecule has 0 atom stereocenters. The van der Waals surface area contributed by atoms with Crippen molar-refractivity contribution in [1.29, 1.82) is 0 Å². The topological polar surface area (TPSA) is 58.4 Å². The largest absolute Gasteiger partial charge is 0.449 e. The zero-order chi connectivity index (χ0) is 22.6. The number of halogens is 2. The fraction of sp³-hybridized carbons (Fsp3) is 0.667. The number of hydrogen-bond donors (Lipinski definition) is 1. The van der Waals surface area contributed by atoms with Crippen LogP contribution in [0.5, 0.6) is 0 Å². The molecule has 5 nitrogen and oxygen atoms in total. The quantitative estimate of drug-likeness (QED) is 0.570. The molecule has 0 unspecified atom stereocenters. The Balaban J connectivity index is 1.73. The van der Waals surface area contributed by atoms with E-state index in [1.165, 1.54) is 0 Å². The van der Waals surface area contributed by atoms with Gasteiger partial charge in [-0.3, -0.25) is 4.79 Å². The lowest BCUT2D eigenvalue weighted by molar-refractivity contribution is 0.0448. The highest BCUT2D eigenvalue weighted by Gasteiger charge is 2.37. The SMILES string of the molecule is CC(C)(C)c1cc(C2CCC(Cl)(Cl)CC2)nc2cc(C(=O)N3CCNCC3(C)C)oc12. The molecule has 2 aliphatic rings. The van der Waals surface area contributed by atoms with Gasteiger partial charge in [-0.2, -0.15) is 0 Å². The van der Waals surface area contributed by atoms with Crippen LogP contribution >= 0.6 is 23.2 Å². The smallest absolute Gasteiger partial charge is 0.290 e. The maximum absolute atomic E-state index is 13.4. The van der Waals surface area contributed by atoms with Crippen molar-refractivity contribution >= 4 is 40.2 Å². The number of carbonyl (C=O) groups excluding carboxylic acids is 1. The fourth-order valence-electron chi connectivity index (χ4n) is 4.74. The minimum atomic E-state index is -0.626. The van der Waals surface area contributed by atoms with Gasteiger partial charge in [-0.15, -0.1) is 23.2 Å². The second kappa shape index (κ2) is 7.93. The Bertz CT molecular complexity index is 981. The number of carbonyl (C=O) groups is 1. The van der Waals surface area contributed by atoms with Crippen molar-refractivity contribution in [3.63, 3.8) is 0 Å². The molecule has 0 spiro atoms. The van der Waals surface area contributed by atoms with Gasteiger partial charge in [0.25, 0.3) is 5.91 Å². The molecule has 1 aliphatic carbocycles. The Kier molecular flexibility index (Phi) is 5.85. The molecule has 1 aliphatic heterocycles. The number of fused-ring (bicyclic) bond motifs is 1. The second-order valence-corrected chi connectivity index (χ2v) is 12.4. The summed E-state index contributed by atoms with van der Waals surface area (Å²) < 4.78 is 5.57. The average molecular weight is 466 g/mol. The van der Waals surface area contributed by atoms with Gasteiger partial charge in [-0.25, -0.2) is 4.98 Å². The van der Waals surface area contributed by atoms with Crippen LogP contribution in [0.2, 0.25) is 0 Å². The van der Waals surface area contributed by atoms with Crippen molar-refractivity contribution in [2.24, 2.45) is 0 Å². The van der Waals surface area contributed by atoms with Crippen LogP contribution < -0.4 is 5.32 Å². The van der Waals surface area contributed by atoms with Gasteiger partial charge in [0.15, 0.2) is 11.3 Å². The highest BCUT2D eigenvalue weighted by atomic mass is 35.5. The van der Waals surface area contributed by atoms with Crippen LogP contribution in [0.3, 0.4) is 0 Å². The summed E-state index contributed by atoms with van der Waals surface area (Å²) in [5.74, 6) is 0.610. The summed E-state index contributed by atoms with van der Waals surface area (Å²) in [6.07, 6.45) is 3.35. The van der Waals surface area contributed by atoms with E-state index in [0.717, 1.165) is 55.5 Å². The molecule has 2 fully saturated rings. The van der Waals surface area contributed by atoms with Crippen molar-refractivity contribution in [3.05, 3.63) is 29.2 Å². The molecule has 31 heavy (non-hydrogen) atoms. The molecule has 1 saturated carbocycles. The molecule has 170 valence electrons. The summed E-state index contributed by atoms with van der Waals surface area (Å²) in [6.45, 7) is 12.9. The third-order valence-electron chi connectivity index (χ3n) is 6.70. The third-order valence-corrected chi connectivity index (χ3v) is 7.45. The molecule has 3 heterocycles. The predicted octanol–water partition coefficient (Wildman–Crippen LogP) is 5.78. The molecule has 2 aromatic heterocycles. The van der Waals surface area contributed by atoms with Crippen molar-refractivity contribution in [3.8, 4) is 0 Å². The van der Waals surface area contributed by atoms with Crippen LogP contribution in [0.4, 0.5) is 0 Å². The standard InChI is InChI=1S/C24H33Cl2N3O2/c1-22(2,3)16-12-17(15-6-8-24(25,26)9-7-15)28-18-13-19(31-20(16)18)21(30)29-11-10-27-14-23(29,4)5/h12-13,15,27H,6-11,14H2,1-5H3. The van der Waals surface area contributed by atoms with E-state index >= 15 is 0 Å². The number of hydrogen-bond acceptors (Lipinski definition) is 4. The Morgan fingerprint density at radius 3 is 2.52 bits per heavy atom. The van der Waals surface area contributed by atoms with E-state index in [-0.39, 0.29) is 16.9 Å². The number of furan rings is 1. The number of rotatable bonds is 2. The first-order valence-corrected chi connectivity index (χ1v) is 12.0. The van der Waals surface area contributed by atoms with Gasteiger partial charge in [-0.05, 0) is 51.0 Å². The molecule has 0 bridgehead atoms. The van der Waals surface area contributed by atoms with Crippen LogP contribution in [0.25, 0.3) is 11.1 Å². The van der Waals surface area contributed by atoms with Crippen LogP contribution in [0.1, 0.15) is 88.0 Å². The van der Waals surface area contributed by atoms with Crippen molar-refractivity contribution in [2.45, 2.75) is 81.5 Å². The van der Waals surface area contributed by atoms with Gasteiger partial charge in [0.2, 0.25) is 0 Å². The number of alkyl halides is 2. The number of pyridine rings is 1. The van der Waals surface area contributed by atoms with E-state index in [0.29, 0.717) is 23.8 Å². The molecular weight excluding hydrogens is 433 g/mol. The number of nitrogens with one attached hydrogen (secondary N) is 1. The Morgan fingerprint density at radius 1 is 1.23 bits per heavy atom. The minimum Gasteiger partial charge on any atom is -0.449 e. The van der Waals surface area contributed by atoms with Gasteiger partial charge in [0, 0.05) is 42.9 Å². The lowest BCUT2D eigenvalue weighted by Gasteiger charge is -2.42. The van der Waals surface area contributed by atoms with Gasteiger partial charge in [0.1, 0.15) is 9.85 Å². The molecule has 1 N–H and O–H groups in total. The van der Waals surface area contributed by atoms with E-state index in [1.54, 1.807) is 0 Å². The summed E-state index contributed by atoms with van der Waals surface area (Å²) in [5.41, 5.74) is 3.19. The minimum absolute atomic E-state index is 0.0716. The monoisotopic (exact) mass is 465 g/mol. The first-order valence-electron chi connectivity index (χ1n) is 11.2. The summed E-state index contributed by atoms with van der Waals surface area (Å²) in [6, 6.07) is 3.99. The van der Waals surface area contributed by atoms with E-state index in [4.69, 9.17) is 32.6 Å². The van der Waals surface area contributed by atoms with Crippen LogP contribution in [-0.2, 0) is 5.41 Å². The molecular formula is C24H33Cl2N3O2. The summed E-state index contributed by atoms with van der Waals surface area (Å²) in [5, 5.41) is 3.36. The normalized spacial score (nSPS) is 22.1. The van der Waals surface area contributed by atoms with Gasteiger partial charge < -0.3 is 14.6 Å². The Labute approximate surface area is 194 Å². The van der Waals surface area contributed by atoms with Crippen molar-refractivity contribution < 1.29 is 9.21 Å². The van der Waals surface area contributed by atoms with Gasteiger partial charge >= 0.3 is 0 Å². The summed E-state index contributed by atoms with van der Waals surface area (Å²) in [4.78, 5) is 20.2. The molecule has 2 aromatic rings. The maximum Gasteiger partial charge on any atom is 0.290 e. The number of aromatic nitrogens is 1. The highest BCUT2D eigenvalue weighted by molar-refractivity contribution is 6.48. The summed E-state index contributed by atoms with van der Waals surface area (Å²) in [7, 11) is 0. The third kappa shape index (κ3) is 4.60. The van der Waals surface area contributed by atoms with Crippen LogP contribution in [-0.4, -0.2) is 45.3 Å². The van der Waals surface area contributed by atoms with Crippen LogP contribution in [0, 0.1) is 0 Å². The number of amides is 1. The molecule has 1 amide bonds. The lowest BCUT2D eigenvalue weighted by atomic mass is 9.82. The first-order chi connectivity index (χ1) is 14.4. The van der Waals surface area contributed by atoms with E-state index in [2.05, 4.69) is 46.0 Å². The van der Waals surface area contributed by atoms with Gasteiger partial charge in [0.05, 0.1) is 5.54 Å². The van der Waals surface area contributed by atoms with E-state index < -0.39 is 4.33 Å². The molecule has 0 radical (unpaired) electrons. The Hall–Kier alpha value is -1.30. The maximum atomic E-state index is 13.4. The zero-order valence-corrected chi connectivity index (χ0v) is 20.7. The number of nitrogens with zero attached hydrogens (tertiary/aromatic N) is 2. The molecule has 1 saturated heterocycles. The summed E-state index contributed by atoms with van der Waals surface area (Å²) >= 11 is 12.7. The molecule has 7 heteroatoms. The van der Waals surface area contributed by atoms with Crippen LogP contribution in [0.15, 0.2) is 16.5 Å². The van der Waals surface area contributed by atoms with E-state index in [9.17, 15) is 4.79 Å². The predicted molar refractivity (Wildman–Crippen MR) is 126 cm³/mol. The lowest BCUT2D eigenvalue weighted by Crippen LogP contribution is -2.59. The fourth-order valence-corrected chi connectivity index (χ4v) is 5.18. The highest BCUT2D eigenvalue weighted by Crippen LogP contribution is 2.44. The molecule has 4 rings (SSSR count). The zero-order valence-electron chi connectivity index (χ0n) is 19.1. The van der Waals surface area contributed by atoms with Gasteiger partial charge in [-0.1, -0.05) is 20.8 Å². The number of piperazine rings is 1. The first kappa shape index (κ1) is 22.9. The van der Waals surface area contributed by atoms with Crippen molar-refractivity contribution in [1.82, 2.24) is 15.2 Å². The average Bonchev–Trinajstić information content (AvgIpc) is 3.09. The van der Waals surface area contributed by atoms with Crippen molar-refractivity contribution in [2.75, 3.05) is 19.6 Å².